The van der Waals surface area contributed by atoms with Crippen LogP contribution in [0.4, 0.5) is 10.1 Å². The average Bonchev–Trinajstić information content (AvgIpc) is 2.48. The quantitative estimate of drug-likeness (QED) is 0.741. The molecule has 1 rings (SSSR count). The number of halogens is 1. The van der Waals surface area contributed by atoms with Crippen LogP contribution in [-0.4, -0.2) is 25.7 Å². The summed E-state index contributed by atoms with van der Waals surface area (Å²) < 4.78 is 13.7. The highest BCUT2D eigenvalue weighted by Gasteiger charge is 2.20. The van der Waals surface area contributed by atoms with Crippen LogP contribution in [0.15, 0.2) is 24.3 Å². The molecule has 0 radical (unpaired) electrons. The topological polar surface area (TPSA) is 39.1 Å². The number of hydrogen-bond acceptors (Lipinski definition) is 3. The summed E-state index contributed by atoms with van der Waals surface area (Å²) in [4.78, 5) is 2.04. The summed E-state index contributed by atoms with van der Waals surface area (Å²) >= 11 is 0. The number of nitriles is 1. The highest BCUT2D eigenvalue weighted by Crippen LogP contribution is 2.20. The van der Waals surface area contributed by atoms with Crippen LogP contribution in [0.1, 0.15) is 33.1 Å². The molecule has 0 aliphatic heterocycles. The molecular formula is C16H24FN3. The summed E-state index contributed by atoms with van der Waals surface area (Å²) in [7, 11) is 1.81. The van der Waals surface area contributed by atoms with Crippen LogP contribution in [0.3, 0.4) is 0 Å². The van der Waals surface area contributed by atoms with Gasteiger partial charge in [0.1, 0.15) is 11.4 Å². The molecule has 0 bridgehead atoms. The SMILES string of the molecule is CCN(CCCCC(C)(C#N)NC)c1ccccc1F. The van der Waals surface area contributed by atoms with E-state index in [0.717, 1.165) is 32.4 Å². The first-order valence-corrected chi connectivity index (χ1v) is 7.16. The molecular weight excluding hydrogens is 253 g/mol. The number of rotatable bonds is 8. The lowest BCUT2D eigenvalue weighted by Gasteiger charge is -2.25. The van der Waals surface area contributed by atoms with Crippen molar-refractivity contribution < 1.29 is 4.39 Å². The first-order chi connectivity index (χ1) is 9.56. The minimum Gasteiger partial charge on any atom is -0.369 e. The van der Waals surface area contributed by atoms with Gasteiger partial charge in [0.15, 0.2) is 0 Å². The number of hydrogen-bond donors (Lipinski definition) is 1. The van der Waals surface area contributed by atoms with Gasteiger partial charge in [-0.05, 0) is 52.3 Å². The molecule has 1 N–H and O–H groups in total. The van der Waals surface area contributed by atoms with Crippen LogP contribution >= 0.6 is 0 Å². The molecule has 3 nitrogen and oxygen atoms in total. The first kappa shape index (κ1) is 16.5. The van der Waals surface area contributed by atoms with Crippen molar-refractivity contribution in [2.75, 3.05) is 25.0 Å². The predicted octanol–water partition coefficient (Wildman–Crippen LogP) is 3.32. The van der Waals surface area contributed by atoms with Gasteiger partial charge in [-0.2, -0.15) is 5.26 Å². The van der Waals surface area contributed by atoms with E-state index in [1.165, 1.54) is 6.07 Å². The smallest absolute Gasteiger partial charge is 0.146 e. The van der Waals surface area contributed by atoms with E-state index >= 15 is 0 Å². The fourth-order valence-electron chi connectivity index (χ4n) is 2.18. The highest BCUT2D eigenvalue weighted by molar-refractivity contribution is 5.47. The molecule has 0 aliphatic rings. The molecule has 4 heteroatoms. The van der Waals surface area contributed by atoms with Crippen LogP contribution in [0.5, 0.6) is 0 Å². The fourth-order valence-corrected chi connectivity index (χ4v) is 2.18. The third-order valence-corrected chi connectivity index (χ3v) is 3.73. The zero-order valence-corrected chi connectivity index (χ0v) is 12.6. The van der Waals surface area contributed by atoms with Crippen LogP contribution in [0, 0.1) is 17.1 Å². The van der Waals surface area contributed by atoms with E-state index in [9.17, 15) is 4.39 Å². The van der Waals surface area contributed by atoms with Crippen molar-refractivity contribution in [3.8, 4) is 6.07 Å². The number of para-hydroxylation sites is 1. The van der Waals surface area contributed by atoms with Crippen molar-refractivity contribution in [1.29, 1.82) is 5.26 Å². The molecule has 0 spiro atoms. The van der Waals surface area contributed by atoms with Gasteiger partial charge in [0.2, 0.25) is 0 Å². The summed E-state index contributed by atoms with van der Waals surface area (Å²) in [5.74, 6) is -0.175. The summed E-state index contributed by atoms with van der Waals surface area (Å²) in [5, 5.41) is 12.1. The van der Waals surface area contributed by atoms with Crippen LogP contribution in [0.25, 0.3) is 0 Å². The number of nitrogens with zero attached hydrogens (tertiary/aromatic N) is 2. The normalized spacial score (nSPS) is 13.6. The summed E-state index contributed by atoms with van der Waals surface area (Å²) in [6.07, 6.45) is 2.69. The molecule has 0 aliphatic carbocycles. The molecule has 0 amide bonds. The number of nitrogens with one attached hydrogen (secondary N) is 1. The summed E-state index contributed by atoms with van der Waals surface area (Å²) in [6.45, 7) is 5.52. The number of benzene rings is 1. The Labute approximate surface area is 121 Å². The van der Waals surface area contributed by atoms with Gasteiger partial charge < -0.3 is 10.2 Å². The van der Waals surface area contributed by atoms with Gasteiger partial charge in [-0.1, -0.05) is 12.1 Å². The second-order valence-electron chi connectivity index (χ2n) is 5.18. The Morgan fingerprint density at radius 1 is 1.35 bits per heavy atom. The van der Waals surface area contributed by atoms with Crippen molar-refractivity contribution in [1.82, 2.24) is 5.32 Å². The molecule has 1 atom stereocenters. The molecule has 20 heavy (non-hydrogen) atoms. The molecule has 0 fully saturated rings. The third-order valence-electron chi connectivity index (χ3n) is 3.73. The van der Waals surface area contributed by atoms with Crippen LogP contribution in [-0.2, 0) is 0 Å². The lowest BCUT2D eigenvalue weighted by molar-refractivity contribution is 0.433. The lowest BCUT2D eigenvalue weighted by atomic mass is 9.97. The molecule has 0 saturated carbocycles. The van der Waals surface area contributed by atoms with Crippen molar-refractivity contribution in [3.63, 3.8) is 0 Å². The maximum Gasteiger partial charge on any atom is 0.146 e. The zero-order valence-electron chi connectivity index (χ0n) is 12.6. The van der Waals surface area contributed by atoms with E-state index in [4.69, 9.17) is 5.26 Å². The largest absolute Gasteiger partial charge is 0.369 e. The minimum atomic E-state index is -0.463. The highest BCUT2D eigenvalue weighted by atomic mass is 19.1. The Bertz CT molecular complexity index is 455. The van der Waals surface area contributed by atoms with Gasteiger partial charge >= 0.3 is 0 Å². The molecule has 1 aromatic rings. The Morgan fingerprint density at radius 2 is 2.05 bits per heavy atom. The molecule has 0 heterocycles. The third kappa shape index (κ3) is 4.50. The average molecular weight is 277 g/mol. The van der Waals surface area contributed by atoms with Gasteiger partial charge in [-0.15, -0.1) is 0 Å². The van der Waals surface area contributed by atoms with Gasteiger partial charge in [0, 0.05) is 13.1 Å². The first-order valence-electron chi connectivity index (χ1n) is 7.16. The van der Waals surface area contributed by atoms with E-state index < -0.39 is 5.54 Å². The van der Waals surface area contributed by atoms with Crippen LogP contribution < -0.4 is 10.2 Å². The van der Waals surface area contributed by atoms with E-state index in [2.05, 4.69) is 11.4 Å². The zero-order chi connectivity index (χ0) is 15.0. The maximum atomic E-state index is 13.7. The minimum absolute atomic E-state index is 0.175. The molecule has 1 aromatic carbocycles. The molecule has 0 aromatic heterocycles. The van der Waals surface area contributed by atoms with Crippen molar-refractivity contribution in [3.05, 3.63) is 30.1 Å². The predicted molar refractivity (Wildman–Crippen MR) is 81.2 cm³/mol. The summed E-state index contributed by atoms with van der Waals surface area (Å²) in [6, 6.07) is 9.15. The van der Waals surface area contributed by atoms with Crippen molar-refractivity contribution >= 4 is 5.69 Å². The van der Waals surface area contributed by atoms with Gasteiger partial charge in [-0.3, -0.25) is 0 Å². The molecule has 110 valence electrons. The van der Waals surface area contributed by atoms with E-state index in [-0.39, 0.29) is 5.82 Å². The monoisotopic (exact) mass is 277 g/mol. The molecule has 1 unspecified atom stereocenters. The Hall–Kier alpha value is -1.60. The lowest BCUT2D eigenvalue weighted by Crippen LogP contribution is -2.38. The molecule has 0 saturated heterocycles. The van der Waals surface area contributed by atoms with Crippen molar-refractivity contribution in [2.45, 2.75) is 38.6 Å². The van der Waals surface area contributed by atoms with Gasteiger partial charge in [0.25, 0.3) is 0 Å². The van der Waals surface area contributed by atoms with Crippen molar-refractivity contribution in [2.24, 2.45) is 0 Å². The number of unbranched alkanes of at least 4 members (excludes halogenated alkanes) is 1. The van der Waals surface area contributed by atoms with E-state index in [1.54, 1.807) is 13.1 Å². The Balaban J connectivity index is 2.48. The summed E-state index contributed by atoms with van der Waals surface area (Å²) in [5.41, 5.74) is 0.196. The second-order valence-corrected chi connectivity index (χ2v) is 5.18. The second kappa shape index (κ2) is 7.86. The Kier molecular flexibility index (Phi) is 6.47. The van der Waals surface area contributed by atoms with E-state index in [0.29, 0.717) is 5.69 Å². The maximum absolute atomic E-state index is 13.7. The van der Waals surface area contributed by atoms with Crippen LogP contribution in [0.2, 0.25) is 0 Å². The van der Waals surface area contributed by atoms with Gasteiger partial charge in [0.05, 0.1) is 11.8 Å². The standard InChI is InChI=1S/C16H24FN3/c1-4-20(15-10-6-5-9-14(15)17)12-8-7-11-16(2,13-18)19-3/h5-6,9-10,19H,4,7-8,11-12H2,1-3H3. The number of anilines is 1. The van der Waals surface area contributed by atoms with E-state index in [1.807, 2.05) is 30.9 Å². The van der Waals surface area contributed by atoms with Gasteiger partial charge in [-0.25, -0.2) is 4.39 Å². The Morgan fingerprint density at radius 3 is 2.60 bits per heavy atom. The fraction of sp³-hybridized carbons (Fsp3) is 0.562.